The molecule has 0 atom stereocenters. The first-order valence-corrected chi connectivity index (χ1v) is 4.59. The van der Waals surface area contributed by atoms with Crippen LogP contribution in [0.25, 0.3) is 0 Å². The van der Waals surface area contributed by atoms with Crippen molar-refractivity contribution in [2.24, 2.45) is 0 Å². The van der Waals surface area contributed by atoms with Gasteiger partial charge in [-0.3, -0.25) is 0 Å². The molecule has 0 N–H and O–H groups in total. The largest absolute Gasteiger partial charge is 0.465 e. The lowest BCUT2D eigenvalue weighted by molar-refractivity contribution is 0.0600. The molecule has 0 radical (unpaired) electrons. The van der Waals surface area contributed by atoms with Crippen molar-refractivity contribution in [3.05, 3.63) is 28.8 Å². The van der Waals surface area contributed by atoms with E-state index in [1.807, 2.05) is 0 Å². The van der Waals surface area contributed by atoms with E-state index in [-0.39, 0.29) is 16.0 Å². The van der Waals surface area contributed by atoms with Crippen molar-refractivity contribution in [3.63, 3.8) is 0 Å². The van der Waals surface area contributed by atoms with Crippen molar-refractivity contribution in [2.45, 2.75) is 11.3 Å². The van der Waals surface area contributed by atoms with Crippen LogP contribution in [0, 0.1) is 11.3 Å². The minimum atomic E-state index is -2.84. The third-order valence-electron chi connectivity index (χ3n) is 1.92. The number of carbonyl (C=O) groups excluding carboxylic acids is 1. The average molecular weight is 243 g/mol. The normalized spacial score (nSPS) is 10.0. The Morgan fingerprint density at radius 1 is 1.56 bits per heavy atom. The van der Waals surface area contributed by atoms with Gasteiger partial charge in [-0.05, 0) is 12.1 Å². The zero-order valence-corrected chi connectivity index (χ0v) is 9.09. The van der Waals surface area contributed by atoms with Crippen molar-refractivity contribution in [3.8, 4) is 6.07 Å². The Bertz CT molecular complexity index is 469. The van der Waals surface area contributed by atoms with Crippen LogP contribution in [0.15, 0.2) is 17.0 Å². The Kier molecular flexibility index (Phi) is 3.85. The van der Waals surface area contributed by atoms with E-state index >= 15 is 0 Å². The average Bonchev–Trinajstić information content (AvgIpc) is 2.26. The Labute approximate surface area is 96.0 Å². The van der Waals surface area contributed by atoms with Gasteiger partial charge in [-0.1, -0.05) is 0 Å². The summed E-state index contributed by atoms with van der Waals surface area (Å²) in [5, 5.41) is 8.69. The van der Waals surface area contributed by atoms with Crippen LogP contribution in [-0.2, 0) is 4.74 Å². The van der Waals surface area contributed by atoms with E-state index in [0.29, 0.717) is 0 Å². The molecule has 0 aliphatic rings. The van der Waals surface area contributed by atoms with Gasteiger partial charge in [0.2, 0.25) is 0 Å². The molecule has 0 aliphatic carbocycles. The monoisotopic (exact) mass is 243 g/mol. The molecule has 3 nitrogen and oxygen atoms in total. The van der Waals surface area contributed by atoms with Gasteiger partial charge in [0.15, 0.2) is 0 Å². The lowest BCUT2D eigenvalue weighted by Gasteiger charge is -2.07. The number of esters is 1. The van der Waals surface area contributed by atoms with Gasteiger partial charge in [-0.2, -0.15) is 5.26 Å². The molecule has 0 saturated carbocycles. The zero-order chi connectivity index (χ0) is 12.3. The molecule has 84 valence electrons. The van der Waals surface area contributed by atoms with Crippen molar-refractivity contribution < 1.29 is 18.3 Å². The summed E-state index contributed by atoms with van der Waals surface area (Å²) >= 11 is 3.88. The molecule has 0 aliphatic heterocycles. The first kappa shape index (κ1) is 12.5. The Balaban J connectivity index is 3.41. The van der Waals surface area contributed by atoms with Gasteiger partial charge in [0, 0.05) is 10.5 Å². The molecule has 0 unspecified atom stereocenters. The molecule has 1 aromatic carbocycles. The number of halogens is 2. The van der Waals surface area contributed by atoms with Gasteiger partial charge in [-0.15, -0.1) is 12.6 Å². The number of benzene rings is 1. The fourth-order valence-electron chi connectivity index (χ4n) is 1.18. The highest BCUT2D eigenvalue weighted by Gasteiger charge is 2.19. The predicted octanol–water partition coefficient (Wildman–Crippen LogP) is 2.57. The standard InChI is InChI=1S/C10H7F2NO2S/c1-15-10(14)5-2-6(9(11)12)7(4-13)8(16)3-5/h2-3,9,16H,1H3. The molecule has 0 fully saturated rings. The van der Waals surface area contributed by atoms with Crippen LogP contribution in [0.3, 0.4) is 0 Å². The van der Waals surface area contributed by atoms with E-state index < -0.39 is 18.0 Å². The van der Waals surface area contributed by atoms with E-state index in [9.17, 15) is 13.6 Å². The van der Waals surface area contributed by atoms with Crippen LogP contribution in [0.5, 0.6) is 0 Å². The highest BCUT2D eigenvalue weighted by atomic mass is 32.1. The summed E-state index contributed by atoms with van der Waals surface area (Å²) in [6, 6.07) is 3.78. The number of thiol groups is 1. The van der Waals surface area contributed by atoms with Crippen LogP contribution in [0.1, 0.15) is 27.9 Å². The molecule has 1 aromatic rings. The second kappa shape index (κ2) is 4.94. The van der Waals surface area contributed by atoms with Crippen LogP contribution in [0.2, 0.25) is 0 Å². The first-order valence-electron chi connectivity index (χ1n) is 4.14. The van der Waals surface area contributed by atoms with Gasteiger partial charge in [-0.25, -0.2) is 13.6 Å². The van der Waals surface area contributed by atoms with E-state index in [2.05, 4.69) is 17.4 Å². The maximum atomic E-state index is 12.6. The molecule has 0 heterocycles. The number of nitrogens with zero attached hydrogens (tertiary/aromatic N) is 1. The molecule has 0 amide bonds. The number of carbonyl (C=O) groups is 1. The summed E-state index contributed by atoms with van der Waals surface area (Å²) in [6.45, 7) is 0. The van der Waals surface area contributed by atoms with Crippen molar-refractivity contribution in [2.75, 3.05) is 7.11 Å². The first-order chi connectivity index (χ1) is 7.51. The van der Waals surface area contributed by atoms with Gasteiger partial charge in [0.1, 0.15) is 6.07 Å². The number of methoxy groups -OCH3 is 1. The second-order valence-electron chi connectivity index (χ2n) is 2.86. The summed E-state index contributed by atoms with van der Waals surface area (Å²) in [6.07, 6.45) is -2.84. The highest BCUT2D eigenvalue weighted by Crippen LogP contribution is 2.28. The Morgan fingerprint density at radius 3 is 2.62 bits per heavy atom. The fourth-order valence-corrected chi connectivity index (χ4v) is 1.50. The predicted molar refractivity (Wildman–Crippen MR) is 54.7 cm³/mol. The van der Waals surface area contributed by atoms with E-state index in [1.165, 1.54) is 6.07 Å². The quantitative estimate of drug-likeness (QED) is 0.641. The smallest absolute Gasteiger partial charge is 0.337 e. The van der Waals surface area contributed by atoms with Crippen molar-refractivity contribution >= 4 is 18.6 Å². The number of ether oxygens (including phenoxy) is 1. The van der Waals surface area contributed by atoms with Crippen LogP contribution < -0.4 is 0 Å². The topological polar surface area (TPSA) is 50.1 Å². The van der Waals surface area contributed by atoms with Gasteiger partial charge in [0.25, 0.3) is 6.43 Å². The molecule has 1 rings (SSSR count). The molecular formula is C10H7F2NO2S. The maximum Gasteiger partial charge on any atom is 0.337 e. The van der Waals surface area contributed by atoms with Crippen molar-refractivity contribution in [1.29, 1.82) is 5.26 Å². The number of alkyl halides is 2. The van der Waals surface area contributed by atoms with Crippen LogP contribution in [-0.4, -0.2) is 13.1 Å². The molecule has 6 heteroatoms. The summed E-state index contributed by atoms with van der Waals surface area (Å²) in [4.78, 5) is 11.2. The summed E-state index contributed by atoms with van der Waals surface area (Å²) < 4.78 is 29.6. The number of rotatable bonds is 2. The number of hydrogen-bond acceptors (Lipinski definition) is 4. The maximum absolute atomic E-state index is 12.6. The SMILES string of the molecule is COC(=O)c1cc(S)c(C#N)c(C(F)F)c1. The van der Waals surface area contributed by atoms with Gasteiger partial charge in [0.05, 0.1) is 18.2 Å². The lowest BCUT2D eigenvalue weighted by atomic mass is 10.0. The van der Waals surface area contributed by atoms with Crippen LogP contribution in [0.4, 0.5) is 8.78 Å². The fraction of sp³-hybridized carbons (Fsp3) is 0.200. The third kappa shape index (κ3) is 2.31. The Hall–Kier alpha value is -1.61. The minimum Gasteiger partial charge on any atom is -0.465 e. The molecular weight excluding hydrogens is 236 g/mol. The van der Waals surface area contributed by atoms with Crippen LogP contribution >= 0.6 is 12.6 Å². The molecule has 0 spiro atoms. The molecule has 0 aromatic heterocycles. The van der Waals surface area contributed by atoms with Crippen molar-refractivity contribution in [1.82, 2.24) is 0 Å². The number of nitriles is 1. The highest BCUT2D eigenvalue weighted by molar-refractivity contribution is 7.80. The zero-order valence-electron chi connectivity index (χ0n) is 8.20. The van der Waals surface area contributed by atoms with E-state index in [1.54, 1.807) is 6.07 Å². The summed E-state index contributed by atoms with van der Waals surface area (Å²) in [7, 11) is 1.14. The third-order valence-corrected chi connectivity index (χ3v) is 2.27. The van der Waals surface area contributed by atoms with E-state index in [0.717, 1.165) is 13.2 Å². The molecule has 0 bridgehead atoms. The summed E-state index contributed by atoms with van der Waals surface area (Å²) in [5.74, 6) is -0.748. The van der Waals surface area contributed by atoms with E-state index in [4.69, 9.17) is 5.26 Å². The minimum absolute atomic E-state index is 0.0284. The number of hydrogen-bond donors (Lipinski definition) is 1. The second-order valence-corrected chi connectivity index (χ2v) is 3.35. The van der Waals surface area contributed by atoms with Gasteiger partial charge >= 0.3 is 5.97 Å². The molecule has 16 heavy (non-hydrogen) atoms. The Morgan fingerprint density at radius 2 is 2.19 bits per heavy atom. The lowest BCUT2D eigenvalue weighted by Crippen LogP contribution is -2.04. The van der Waals surface area contributed by atoms with Gasteiger partial charge < -0.3 is 4.74 Å². The summed E-state index contributed by atoms with van der Waals surface area (Å²) in [5.41, 5.74) is -0.803. The molecule has 0 saturated heterocycles.